The first-order chi connectivity index (χ1) is 12.2. The lowest BCUT2D eigenvalue weighted by molar-refractivity contribution is 0.0620. The third-order valence-corrected chi connectivity index (χ3v) is 4.39. The molecule has 1 fully saturated rings. The van der Waals surface area contributed by atoms with Crippen molar-refractivity contribution < 1.29 is 4.79 Å². The van der Waals surface area contributed by atoms with Crippen molar-refractivity contribution in [1.29, 1.82) is 0 Å². The highest BCUT2D eigenvalue weighted by molar-refractivity contribution is 5.94. The van der Waals surface area contributed by atoms with Crippen LogP contribution in [0.15, 0.2) is 49.2 Å². The predicted octanol–water partition coefficient (Wildman–Crippen LogP) is 0.787. The molecule has 3 aromatic rings. The zero-order valence-electron chi connectivity index (χ0n) is 13.9. The summed E-state index contributed by atoms with van der Waals surface area (Å²) in [6, 6.07) is 5.24. The largest absolute Gasteiger partial charge is 0.336 e. The molecule has 1 amide bonds. The van der Waals surface area contributed by atoms with Crippen LogP contribution in [0.25, 0.3) is 5.82 Å². The molecule has 0 bridgehead atoms. The van der Waals surface area contributed by atoms with Crippen LogP contribution in [-0.2, 0) is 7.05 Å². The minimum absolute atomic E-state index is 0.0229. The summed E-state index contributed by atoms with van der Waals surface area (Å²) in [5.41, 5.74) is 0.599. The SMILES string of the molecule is Cn1ccnc1C1CNCCN1C(=O)c1ccnc(-n2cccn2)c1. The van der Waals surface area contributed by atoms with Gasteiger partial charge in [-0.05, 0) is 18.2 Å². The molecule has 0 aromatic carbocycles. The van der Waals surface area contributed by atoms with Crippen LogP contribution < -0.4 is 5.32 Å². The monoisotopic (exact) mass is 337 g/mol. The van der Waals surface area contributed by atoms with E-state index in [1.54, 1.807) is 41.6 Å². The van der Waals surface area contributed by atoms with Crippen molar-refractivity contribution >= 4 is 5.91 Å². The molecule has 0 spiro atoms. The summed E-state index contributed by atoms with van der Waals surface area (Å²) < 4.78 is 3.60. The Balaban J connectivity index is 1.65. The number of imidazole rings is 1. The molecular weight excluding hydrogens is 318 g/mol. The molecule has 25 heavy (non-hydrogen) atoms. The van der Waals surface area contributed by atoms with E-state index in [4.69, 9.17) is 0 Å². The molecule has 0 saturated carbocycles. The van der Waals surface area contributed by atoms with Gasteiger partial charge in [-0.3, -0.25) is 4.79 Å². The van der Waals surface area contributed by atoms with E-state index in [-0.39, 0.29) is 11.9 Å². The van der Waals surface area contributed by atoms with Gasteiger partial charge in [0.15, 0.2) is 5.82 Å². The van der Waals surface area contributed by atoms with Crippen LogP contribution in [0.3, 0.4) is 0 Å². The van der Waals surface area contributed by atoms with Crippen molar-refractivity contribution in [2.24, 2.45) is 7.05 Å². The number of carbonyl (C=O) groups excluding carboxylic acids is 1. The van der Waals surface area contributed by atoms with Crippen LogP contribution >= 0.6 is 0 Å². The van der Waals surface area contributed by atoms with Gasteiger partial charge in [0.2, 0.25) is 0 Å². The first-order valence-electron chi connectivity index (χ1n) is 8.19. The third-order valence-electron chi connectivity index (χ3n) is 4.39. The number of rotatable bonds is 3. The van der Waals surface area contributed by atoms with Crippen molar-refractivity contribution in [2.75, 3.05) is 19.6 Å². The molecule has 0 aliphatic carbocycles. The molecule has 8 heteroatoms. The van der Waals surface area contributed by atoms with E-state index in [0.717, 1.165) is 12.4 Å². The number of nitrogens with zero attached hydrogens (tertiary/aromatic N) is 6. The lowest BCUT2D eigenvalue weighted by Gasteiger charge is -2.35. The van der Waals surface area contributed by atoms with E-state index < -0.39 is 0 Å². The number of piperazine rings is 1. The van der Waals surface area contributed by atoms with E-state index in [1.807, 2.05) is 28.8 Å². The normalized spacial score (nSPS) is 17.6. The number of pyridine rings is 1. The van der Waals surface area contributed by atoms with E-state index >= 15 is 0 Å². The molecule has 0 radical (unpaired) electrons. The fourth-order valence-electron chi connectivity index (χ4n) is 3.12. The minimum Gasteiger partial charge on any atom is -0.336 e. The Hall–Kier alpha value is -3.00. The summed E-state index contributed by atoms with van der Waals surface area (Å²) in [6.45, 7) is 2.09. The molecular formula is C17H19N7O. The summed E-state index contributed by atoms with van der Waals surface area (Å²) in [5.74, 6) is 1.48. The van der Waals surface area contributed by atoms with Crippen LogP contribution in [0.4, 0.5) is 0 Å². The van der Waals surface area contributed by atoms with Gasteiger partial charge in [0.05, 0.1) is 0 Å². The van der Waals surface area contributed by atoms with Gasteiger partial charge in [-0.15, -0.1) is 0 Å². The van der Waals surface area contributed by atoms with Crippen LogP contribution in [-0.4, -0.2) is 54.8 Å². The van der Waals surface area contributed by atoms with Gasteiger partial charge in [-0.1, -0.05) is 0 Å². The van der Waals surface area contributed by atoms with Gasteiger partial charge in [-0.25, -0.2) is 14.6 Å². The zero-order chi connectivity index (χ0) is 17.2. The highest BCUT2D eigenvalue weighted by Gasteiger charge is 2.31. The fourth-order valence-corrected chi connectivity index (χ4v) is 3.12. The van der Waals surface area contributed by atoms with Crippen LogP contribution in [0.5, 0.6) is 0 Å². The predicted molar refractivity (Wildman–Crippen MR) is 91.2 cm³/mol. The van der Waals surface area contributed by atoms with Gasteiger partial charge in [0.25, 0.3) is 5.91 Å². The first-order valence-corrected chi connectivity index (χ1v) is 8.19. The molecule has 4 heterocycles. The Morgan fingerprint density at radius 2 is 2.16 bits per heavy atom. The summed E-state index contributed by atoms with van der Waals surface area (Å²) in [6.07, 6.45) is 8.79. The number of hydrogen-bond acceptors (Lipinski definition) is 5. The molecule has 3 aromatic heterocycles. The first kappa shape index (κ1) is 15.5. The van der Waals surface area contributed by atoms with Gasteiger partial charge in [-0.2, -0.15) is 5.10 Å². The fraction of sp³-hybridized carbons (Fsp3) is 0.294. The molecule has 1 aliphatic heterocycles. The highest BCUT2D eigenvalue weighted by Crippen LogP contribution is 2.23. The van der Waals surface area contributed by atoms with Crippen molar-refractivity contribution in [2.45, 2.75) is 6.04 Å². The van der Waals surface area contributed by atoms with Crippen molar-refractivity contribution in [3.8, 4) is 5.82 Å². The Morgan fingerprint density at radius 3 is 2.92 bits per heavy atom. The summed E-state index contributed by atoms with van der Waals surface area (Å²) in [4.78, 5) is 23.7. The number of amides is 1. The van der Waals surface area contributed by atoms with Gasteiger partial charge < -0.3 is 14.8 Å². The second-order valence-corrected chi connectivity index (χ2v) is 5.97. The van der Waals surface area contributed by atoms with Crippen LogP contribution in [0, 0.1) is 0 Å². The van der Waals surface area contributed by atoms with Gasteiger partial charge in [0, 0.05) is 63.2 Å². The van der Waals surface area contributed by atoms with E-state index in [0.29, 0.717) is 24.5 Å². The standard InChI is InChI=1S/C17H19N7O/c1-22-9-7-20-16(22)14-12-18-6-10-23(14)17(25)13-3-5-19-15(11-13)24-8-2-4-21-24/h2-5,7-9,11,14,18H,6,10,12H2,1H3. The molecule has 8 nitrogen and oxygen atoms in total. The maximum atomic E-state index is 13.1. The van der Waals surface area contributed by atoms with Gasteiger partial charge in [0.1, 0.15) is 11.9 Å². The Labute approximate surface area is 145 Å². The lowest BCUT2D eigenvalue weighted by Crippen LogP contribution is -2.49. The molecule has 1 aliphatic rings. The van der Waals surface area contributed by atoms with Crippen LogP contribution in [0.1, 0.15) is 22.2 Å². The van der Waals surface area contributed by atoms with Crippen LogP contribution in [0.2, 0.25) is 0 Å². The third kappa shape index (κ3) is 2.91. The number of carbonyl (C=O) groups is 1. The minimum atomic E-state index is -0.0948. The van der Waals surface area contributed by atoms with E-state index in [1.165, 1.54) is 0 Å². The molecule has 1 N–H and O–H groups in total. The summed E-state index contributed by atoms with van der Waals surface area (Å²) >= 11 is 0. The van der Waals surface area contributed by atoms with Crippen molar-refractivity contribution in [1.82, 2.24) is 34.5 Å². The van der Waals surface area contributed by atoms with Crippen molar-refractivity contribution in [3.05, 3.63) is 60.6 Å². The highest BCUT2D eigenvalue weighted by atomic mass is 16.2. The Morgan fingerprint density at radius 1 is 1.24 bits per heavy atom. The lowest BCUT2D eigenvalue weighted by atomic mass is 10.1. The smallest absolute Gasteiger partial charge is 0.254 e. The van der Waals surface area contributed by atoms with Gasteiger partial charge >= 0.3 is 0 Å². The Bertz CT molecular complexity index is 871. The summed E-state index contributed by atoms with van der Waals surface area (Å²) in [5, 5.41) is 7.52. The molecule has 1 saturated heterocycles. The van der Waals surface area contributed by atoms with E-state index in [9.17, 15) is 4.79 Å². The summed E-state index contributed by atoms with van der Waals surface area (Å²) in [7, 11) is 1.95. The average Bonchev–Trinajstić information content (AvgIpc) is 3.33. The topological polar surface area (TPSA) is 80.9 Å². The Kier molecular flexibility index (Phi) is 4.02. The number of aromatic nitrogens is 5. The average molecular weight is 337 g/mol. The molecule has 1 atom stereocenters. The number of hydrogen-bond donors (Lipinski definition) is 1. The van der Waals surface area contributed by atoms with E-state index in [2.05, 4.69) is 20.4 Å². The quantitative estimate of drug-likeness (QED) is 0.764. The maximum absolute atomic E-state index is 13.1. The number of nitrogens with one attached hydrogen (secondary N) is 1. The second kappa shape index (κ2) is 6.48. The second-order valence-electron chi connectivity index (χ2n) is 5.97. The maximum Gasteiger partial charge on any atom is 0.254 e. The molecule has 128 valence electrons. The molecule has 4 rings (SSSR count). The molecule has 1 unspecified atom stereocenters. The number of aryl methyl sites for hydroxylation is 1. The van der Waals surface area contributed by atoms with Crippen molar-refractivity contribution in [3.63, 3.8) is 0 Å². The zero-order valence-corrected chi connectivity index (χ0v) is 13.9.